The molecule has 2 rings (SSSR count). The second-order valence-electron chi connectivity index (χ2n) is 3.37. The molecule has 1 atom stereocenters. The summed E-state index contributed by atoms with van der Waals surface area (Å²) in [6.45, 7) is 1.38. The van der Waals surface area contributed by atoms with E-state index >= 15 is 0 Å². The number of hydrogen-bond acceptors (Lipinski definition) is 4. The van der Waals surface area contributed by atoms with Crippen LogP contribution in [0.15, 0.2) is 35.3 Å². The number of amidine groups is 1. The lowest BCUT2D eigenvalue weighted by Gasteiger charge is -2.24. The second kappa shape index (κ2) is 4.11. The van der Waals surface area contributed by atoms with Gasteiger partial charge in [0.05, 0.1) is 6.54 Å². The molecule has 4 heteroatoms. The third-order valence-corrected chi connectivity index (χ3v) is 2.45. The Labute approximate surface area is 88.6 Å². The van der Waals surface area contributed by atoms with Crippen molar-refractivity contribution in [3.8, 4) is 6.07 Å². The van der Waals surface area contributed by atoms with E-state index in [9.17, 15) is 0 Å². The van der Waals surface area contributed by atoms with Crippen molar-refractivity contribution in [2.45, 2.75) is 6.17 Å². The first-order chi connectivity index (χ1) is 7.33. The molecule has 1 unspecified atom stereocenters. The Morgan fingerprint density at radius 2 is 2.13 bits per heavy atom. The fourth-order valence-electron chi connectivity index (χ4n) is 1.66. The molecule has 1 aliphatic heterocycles. The van der Waals surface area contributed by atoms with E-state index in [-0.39, 0.29) is 6.17 Å². The summed E-state index contributed by atoms with van der Waals surface area (Å²) in [6.07, 6.45) is -0.271. The molecular weight excluding hydrogens is 188 g/mol. The van der Waals surface area contributed by atoms with Gasteiger partial charge in [0.2, 0.25) is 5.84 Å². The zero-order valence-corrected chi connectivity index (χ0v) is 8.30. The highest BCUT2D eigenvalue weighted by molar-refractivity contribution is 5.97. The summed E-state index contributed by atoms with van der Waals surface area (Å²) in [6, 6.07) is 11.8. The second-order valence-corrected chi connectivity index (χ2v) is 3.37. The fourth-order valence-corrected chi connectivity index (χ4v) is 1.66. The van der Waals surface area contributed by atoms with Crippen molar-refractivity contribution in [2.24, 2.45) is 10.7 Å². The third-order valence-electron chi connectivity index (χ3n) is 2.45. The SMILES string of the molecule is N#CC1=NCCN1C(N)c1ccccc1. The molecular formula is C11H12N4. The highest BCUT2D eigenvalue weighted by Crippen LogP contribution is 2.17. The van der Waals surface area contributed by atoms with Crippen LogP contribution in [0, 0.1) is 11.3 Å². The molecule has 0 aromatic heterocycles. The van der Waals surface area contributed by atoms with Gasteiger partial charge in [0.25, 0.3) is 0 Å². The molecule has 0 radical (unpaired) electrons. The molecule has 0 amide bonds. The molecule has 0 saturated carbocycles. The Morgan fingerprint density at radius 3 is 2.80 bits per heavy atom. The van der Waals surface area contributed by atoms with E-state index in [0.717, 1.165) is 12.1 Å². The molecule has 0 saturated heterocycles. The van der Waals surface area contributed by atoms with Crippen LogP contribution >= 0.6 is 0 Å². The predicted octanol–water partition coefficient (Wildman–Crippen LogP) is 0.882. The summed E-state index contributed by atoms with van der Waals surface area (Å²) >= 11 is 0. The van der Waals surface area contributed by atoms with Crippen molar-refractivity contribution in [1.82, 2.24) is 4.90 Å². The summed E-state index contributed by atoms with van der Waals surface area (Å²) in [5, 5.41) is 8.85. The number of rotatable bonds is 2. The molecule has 0 aliphatic carbocycles. The summed E-state index contributed by atoms with van der Waals surface area (Å²) in [7, 11) is 0. The van der Waals surface area contributed by atoms with Crippen molar-refractivity contribution in [3.63, 3.8) is 0 Å². The average molecular weight is 200 g/mol. The molecule has 76 valence electrons. The van der Waals surface area contributed by atoms with Crippen molar-refractivity contribution < 1.29 is 0 Å². The van der Waals surface area contributed by atoms with Crippen molar-refractivity contribution in [3.05, 3.63) is 35.9 Å². The zero-order valence-electron chi connectivity index (χ0n) is 8.30. The minimum Gasteiger partial charge on any atom is -0.327 e. The Kier molecular flexibility index (Phi) is 2.66. The van der Waals surface area contributed by atoms with Crippen LogP contribution in [0.5, 0.6) is 0 Å². The number of benzene rings is 1. The number of nitriles is 1. The topological polar surface area (TPSA) is 65.4 Å². The first-order valence-electron chi connectivity index (χ1n) is 4.84. The van der Waals surface area contributed by atoms with E-state index in [1.807, 2.05) is 35.2 Å². The largest absolute Gasteiger partial charge is 0.327 e. The van der Waals surface area contributed by atoms with Gasteiger partial charge in [0.15, 0.2) is 0 Å². The van der Waals surface area contributed by atoms with Gasteiger partial charge in [-0.15, -0.1) is 0 Å². The van der Waals surface area contributed by atoms with Crippen molar-refractivity contribution >= 4 is 5.84 Å². The minimum absolute atomic E-state index is 0.271. The standard InChI is InChI=1S/C11H12N4/c12-8-10-14-6-7-15(10)11(13)9-4-2-1-3-5-9/h1-5,11H,6-7,13H2. The van der Waals surface area contributed by atoms with E-state index in [1.54, 1.807) is 0 Å². The van der Waals surface area contributed by atoms with E-state index in [1.165, 1.54) is 0 Å². The molecule has 2 N–H and O–H groups in total. The van der Waals surface area contributed by atoms with Crippen molar-refractivity contribution in [2.75, 3.05) is 13.1 Å². The molecule has 1 aromatic rings. The van der Waals surface area contributed by atoms with Gasteiger partial charge in [-0.2, -0.15) is 5.26 Å². The minimum atomic E-state index is -0.271. The van der Waals surface area contributed by atoms with Crippen LogP contribution in [0.3, 0.4) is 0 Å². The fraction of sp³-hybridized carbons (Fsp3) is 0.273. The maximum Gasteiger partial charge on any atom is 0.205 e. The smallest absolute Gasteiger partial charge is 0.205 e. The Balaban J connectivity index is 2.20. The Morgan fingerprint density at radius 1 is 1.40 bits per heavy atom. The first-order valence-corrected chi connectivity index (χ1v) is 4.84. The van der Waals surface area contributed by atoms with Crippen molar-refractivity contribution in [1.29, 1.82) is 5.26 Å². The lowest BCUT2D eigenvalue weighted by Crippen LogP contribution is -2.36. The number of nitrogens with two attached hydrogens (primary N) is 1. The molecule has 0 bridgehead atoms. The van der Waals surface area contributed by atoms with Crippen LogP contribution in [0.2, 0.25) is 0 Å². The molecule has 1 aliphatic rings. The van der Waals surface area contributed by atoms with Gasteiger partial charge in [-0.3, -0.25) is 4.99 Å². The van der Waals surface area contributed by atoms with Crippen LogP contribution in [0.4, 0.5) is 0 Å². The van der Waals surface area contributed by atoms with Gasteiger partial charge in [0.1, 0.15) is 12.2 Å². The maximum atomic E-state index is 8.85. The normalized spacial score (nSPS) is 17.1. The highest BCUT2D eigenvalue weighted by Gasteiger charge is 2.23. The van der Waals surface area contributed by atoms with Crippen LogP contribution < -0.4 is 5.73 Å². The van der Waals surface area contributed by atoms with Gasteiger partial charge < -0.3 is 10.6 Å². The predicted molar refractivity (Wildman–Crippen MR) is 58.0 cm³/mol. The maximum absolute atomic E-state index is 8.85. The first kappa shape index (κ1) is 9.69. The van der Waals surface area contributed by atoms with Crippen LogP contribution in [-0.2, 0) is 0 Å². The van der Waals surface area contributed by atoms with E-state index in [0.29, 0.717) is 12.4 Å². The highest BCUT2D eigenvalue weighted by atomic mass is 15.3. The van der Waals surface area contributed by atoms with Gasteiger partial charge >= 0.3 is 0 Å². The molecule has 0 spiro atoms. The third kappa shape index (κ3) is 1.83. The number of aliphatic imine (C=N–C) groups is 1. The van der Waals surface area contributed by atoms with Gasteiger partial charge in [0, 0.05) is 6.54 Å². The summed E-state index contributed by atoms with van der Waals surface area (Å²) in [5.74, 6) is 0.436. The lowest BCUT2D eigenvalue weighted by atomic mass is 10.1. The van der Waals surface area contributed by atoms with Crippen LogP contribution in [0.1, 0.15) is 11.7 Å². The summed E-state index contributed by atoms with van der Waals surface area (Å²) in [5.41, 5.74) is 7.06. The number of hydrogen-bond donors (Lipinski definition) is 1. The molecule has 1 heterocycles. The molecule has 0 fully saturated rings. The quantitative estimate of drug-likeness (QED) is 0.770. The van der Waals surface area contributed by atoms with Gasteiger partial charge in [-0.05, 0) is 5.56 Å². The summed E-state index contributed by atoms with van der Waals surface area (Å²) < 4.78 is 0. The lowest BCUT2D eigenvalue weighted by molar-refractivity contribution is 0.353. The van der Waals surface area contributed by atoms with Crippen LogP contribution in [-0.4, -0.2) is 23.8 Å². The number of nitrogens with zero attached hydrogens (tertiary/aromatic N) is 3. The monoisotopic (exact) mass is 200 g/mol. The van der Waals surface area contributed by atoms with E-state index in [2.05, 4.69) is 11.1 Å². The van der Waals surface area contributed by atoms with Crippen LogP contribution in [0.25, 0.3) is 0 Å². The average Bonchev–Trinajstić information content (AvgIpc) is 2.77. The zero-order chi connectivity index (χ0) is 10.7. The van der Waals surface area contributed by atoms with E-state index < -0.39 is 0 Å². The Hall–Kier alpha value is -1.86. The Bertz CT molecular complexity index is 404. The van der Waals surface area contributed by atoms with Gasteiger partial charge in [-0.25, -0.2) is 0 Å². The van der Waals surface area contributed by atoms with Gasteiger partial charge in [-0.1, -0.05) is 30.3 Å². The summed E-state index contributed by atoms with van der Waals surface area (Å²) in [4.78, 5) is 5.91. The molecule has 1 aromatic carbocycles. The molecule has 15 heavy (non-hydrogen) atoms. The molecule has 4 nitrogen and oxygen atoms in total. The van der Waals surface area contributed by atoms with E-state index in [4.69, 9.17) is 11.0 Å².